The van der Waals surface area contributed by atoms with Crippen molar-refractivity contribution in [2.75, 3.05) is 26.1 Å². The van der Waals surface area contributed by atoms with Gasteiger partial charge in [-0.25, -0.2) is 9.55 Å². The lowest BCUT2D eigenvalue weighted by molar-refractivity contribution is -0.147. The molecule has 2 heterocycles. The first-order valence-corrected chi connectivity index (χ1v) is 16.9. The number of ether oxygens (including phenoxy) is 2. The van der Waals surface area contributed by atoms with E-state index in [0.717, 1.165) is 18.4 Å². The maximum atomic E-state index is 14.5. The molecule has 4 rings (SSSR count). The van der Waals surface area contributed by atoms with E-state index in [1.165, 1.54) is 18.0 Å². The van der Waals surface area contributed by atoms with Crippen LogP contribution < -0.4 is 15.3 Å². The Morgan fingerprint density at radius 1 is 1.15 bits per heavy atom. The van der Waals surface area contributed by atoms with Crippen LogP contribution in [0.4, 0.5) is 10.2 Å². The maximum absolute atomic E-state index is 14.5. The molecule has 0 saturated carbocycles. The predicted octanol–water partition coefficient (Wildman–Crippen LogP) is 4.31. The highest BCUT2D eigenvalue weighted by Crippen LogP contribution is 2.46. The van der Waals surface area contributed by atoms with Crippen molar-refractivity contribution in [3.63, 3.8) is 0 Å². The van der Waals surface area contributed by atoms with E-state index in [1.807, 2.05) is 44.2 Å². The summed E-state index contributed by atoms with van der Waals surface area (Å²) in [5, 5.41) is 14.1. The third kappa shape index (κ3) is 9.15. The van der Waals surface area contributed by atoms with Gasteiger partial charge in [-0.15, -0.1) is 6.42 Å². The molecular formula is C33H40FN6O7P. The molecule has 0 amide bonds. The topological polar surface area (TPSA) is 173 Å². The van der Waals surface area contributed by atoms with Gasteiger partial charge in [-0.1, -0.05) is 81.1 Å². The minimum Gasteiger partial charge on any atom is -0.464 e. The molecule has 0 unspecified atom stereocenters. The van der Waals surface area contributed by atoms with E-state index in [4.69, 9.17) is 30.7 Å². The van der Waals surface area contributed by atoms with E-state index in [9.17, 15) is 18.9 Å². The lowest BCUT2D eigenvalue weighted by atomic mass is 9.98. The van der Waals surface area contributed by atoms with Gasteiger partial charge in [0.15, 0.2) is 17.1 Å². The minimum atomic E-state index is -4.48. The van der Waals surface area contributed by atoms with Gasteiger partial charge < -0.3 is 29.4 Å². The monoisotopic (exact) mass is 682 g/mol. The molecule has 0 aliphatic carbocycles. The molecule has 4 aromatic rings. The van der Waals surface area contributed by atoms with Crippen LogP contribution in [-0.2, 0) is 36.3 Å². The minimum absolute atomic E-state index is 0.0115. The summed E-state index contributed by atoms with van der Waals surface area (Å²) >= 11 is 0. The van der Waals surface area contributed by atoms with Gasteiger partial charge >= 0.3 is 19.8 Å². The molecule has 0 fully saturated rings. The van der Waals surface area contributed by atoms with E-state index in [2.05, 4.69) is 26.0 Å². The number of aliphatic hydroxyl groups excluding tert-OH is 1. The van der Waals surface area contributed by atoms with Crippen molar-refractivity contribution in [3.8, 4) is 18.1 Å². The molecule has 4 N–H and O–H groups in total. The van der Waals surface area contributed by atoms with Crippen LogP contribution in [0.2, 0.25) is 0 Å². The summed E-state index contributed by atoms with van der Waals surface area (Å²) in [5.74, 6) is 1.88. The summed E-state index contributed by atoms with van der Waals surface area (Å²) in [6.45, 7) is 3.23. The maximum Gasteiger partial charge on any atom is 0.459 e. The second-order valence-electron chi connectivity index (χ2n) is 11.1. The average Bonchev–Trinajstić information content (AvgIpc) is 3.48. The number of nitrogens with two attached hydrogens (primary N) is 1. The number of hydrogen-bond donors (Lipinski definition) is 3. The largest absolute Gasteiger partial charge is 0.464 e. The summed E-state index contributed by atoms with van der Waals surface area (Å²) < 4.78 is 52.8. The number of nitrogen functional groups attached to an aromatic ring is 1. The number of aliphatic hydroxyl groups is 1. The second-order valence-corrected chi connectivity index (χ2v) is 12.8. The fourth-order valence-electron chi connectivity index (χ4n) is 4.83. The quantitative estimate of drug-likeness (QED) is 0.0589. The number of rotatable bonds is 18. The molecule has 2 aromatic carbocycles. The van der Waals surface area contributed by atoms with Crippen LogP contribution in [0, 0.1) is 24.3 Å². The number of aromatic nitrogens is 4. The Morgan fingerprint density at radius 2 is 1.81 bits per heavy atom. The van der Waals surface area contributed by atoms with Gasteiger partial charge in [-0.05, 0) is 30.0 Å². The van der Waals surface area contributed by atoms with Crippen molar-refractivity contribution in [1.82, 2.24) is 24.6 Å². The molecule has 0 spiro atoms. The number of hydrogen-bond acceptors (Lipinski definition) is 11. The van der Waals surface area contributed by atoms with Crippen molar-refractivity contribution < 1.29 is 37.4 Å². The van der Waals surface area contributed by atoms with Gasteiger partial charge in [0.05, 0.1) is 19.5 Å². The van der Waals surface area contributed by atoms with E-state index in [-0.39, 0.29) is 48.2 Å². The number of terminal acetylenes is 1. The Labute approximate surface area is 278 Å². The van der Waals surface area contributed by atoms with Crippen molar-refractivity contribution in [2.45, 2.75) is 57.4 Å². The first kappa shape index (κ1) is 36.5. The normalized spacial score (nSPS) is 15.3. The van der Waals surface area contributed by atoms with Crippen LogP contribution in [0.1, 0.15) is 32.3 Å². The smallest absolute Gasteiger partial charge is 0.459 e. The zero-order valence-electron chi connectivity index (χ0n) is 27.0. The molecule has 256 valence electrons. The van der Waals surface area contributed by atoms with Gasteiger partial charge in [0.1, 0.15) is 30.0 Å². The molecule has 2 aromatic heterocycles. The van der Waals surface area contributed by atoms with Crippen molar-refractivity contribution >= 4 is 30.7 Å². The molecule has 0 saturated heterocycles. The van der Waals surface area contributed by atoms with Gasteiger partial charge in [-0.2, -0.15) is 19.4 Å². The fraction of sp³-hybridized carbons (Fsp3) is 0.394. The highest BCUT2D eigenvalue weighted by atomic mass is 31.2. The molecule has 0 aliphatic heterocycles. The summed E-state index contributed by atoms with van der Waals surface area (Å²) in [6, 6.07) is 16.2. The van der Waals surface area contributed by atoms with Crippen LogP contribution in [0.15, 0.2) is 67.0 Å². The number of para-hydroxylation sites is 1. The Bertz CT molecular complexity index is 1740. The van der Waals surface area contributed by atoms with Crippen molar-refractivity contribution in [3.05, 3.63) is 78.6 Å². The lowest BCUT2D eigenvalue weighted by Gasteiger charge is -2.33. The summed E-state index contributed by atoms with van der Waals surface area (Å²) in [7, 11) is -3.24. The Balaban J connectivity index is 1.62. The Kier molecular flexibility index (Phi) is 12.6. The number of halogens is 1. The number of benzene rings is 2. The van der Waals surface area contributed by atoms with Crippen LogP contribution in [0.5, 0.6) is 5.75 Å². The summed E-state index contributed by atoms with van der Waals surface area (Å²) in [5.41, 5.74) is 4.74. The van der Waals surface area contributed by atoms with Gasteiger partial charge in [0.25, 0.3) is 0 Å². The number of carbonyl (C=O) groups excluding carboxylic acids is 1. The molecule has 0 bridgehead atoms. The third-order valence-electron chi connectivity index (χ3n) is 7.89. The van der Waals surface area contributed by atoms with E-state index < -0.39 is 44.1 Å². The van der Waals surface area contributed by atoms with E-state index in [1.54, 1.807) is 30.3 Å². The number of fused-ring (bicyclic) bond motifs is 1. The van der Waals surface area contributed by atoms with Crippen LogP contribution in [0.25, 0.3) is 11.2 Å². The zero-order valence-corrected chi connectivity index (χ0v) is 27.9. The molecule has 15 heteroatoms. The molecule has 0 radical (unpaired) electrons. The third-order valence-corrected chi connectivity index (χ3v) is 9.44. The molecule has 13 nitrogen and oxygen atoms in total. The number of nitrogens with zero attached hydrogens (tertiary/aromatic N) is 4. The molecule has 4 atom stereocenters. The molecular weight excluding hydrogens is 642 g/mol. The SMILES string of the molecule is C#C[C@](CO[P@](=O)(N[C@@H](Cc1ccccc1)C(=O)OCC(CC)CC)Oc1ccccc1)(OC)[C@@H](O)Cn1cnc2c(N)nc(F)nc21. The molecule has 48 heavy (non-hydrogen) atoms. The first-order chi connectivity index (χ1) is 23.0. The van der Waals surface area contributed by atoms with Gasteiger partial charge in [0, 0.05) is 7.11 Å². The number of anilines is 1. The summed E-state index contributed by atoms with van der Waals surface area (Å²) in [4.78, 5) is 24.8. The van der Waals surface area contributed by atoms with Gasteiger partial charge in [0.2, 0.25) is 0 Å². The van der Waals surface area contributed by atoms with Crippen LogP contribution >= 0.6 is 7.75 Å². The highest BCUT2D eigenvalue weighted by Gasteiger charge is 2.43. The number of esters is 1. The number of carbonyl (C=O) groups is 1. The molecule has 0 aliphatic rings. The standard InChI is InChI=1S/C33H40FN6O7P/c1-5-23(6-2)20-45-31(42)26(18-24-14-10-8-11-15-24)39-48(43,47-25-16-12-9-13-17-25)46-21-33(7-3,44-4)27(41)19-40-22-36-28-29(35)37-32(34)38-30(28)40/h3,8-17,22-23,26-27,41H,5-6,18-21H2,1-2,4H3,(H,39,43)(H2,35,37,38)/t26-,27-,33+,48+/m0/s1. The predicted molar refractivity (Wildman–Crippen MR) is 177 cm³/mol. The summed E-state index contributed by atoms with van der Waals surface area (Å²) in [6.07, 6.45) is 6.25. The number of nitrogens with one attached hydrogen (secondary N) is 1. The average molecular weight is 683 g/mol. The highest BCUT2D eigenvalue weighted by molar-refractivity contribution is 7.52. The van der Waals surface area contributed by atoms with Crippen LogP contribution in [-0.4, -0.2) is 68.7 Å². The second kappa shape index (κ2) is 16.6. The van der Waals surface area contributed by atoms with Crippen molar-refractivity contribution in [2.24, 2.45) is 5.92 Å². The van der Waals surface area contributed by atoms with Crippen molar-refractivity contribution in [1.29, 1.82) is 0 Å². The van der Waals surface area contributed by atoms with Gasteiger partial charge in [-0.3, -0.25) is 9.32 Å². The number of methoxy groups -OCH3 is 1. The number of imidazole rings is 1. The van der Waals surface area contributed by atoms with E-state index >= 15 is 0 Å². The first-order valence-electron chi connectivity index (χ1n) is 15.4. The lowest BCUT2D eigenvalue weighted by Crippen LogP contribution is -2.49. The Hall–Kier alpha value is -4.38. The Morgan fingerprint density at radius 3 is 2.44 bits per heavy atom. The van der Waals surface area contributed by atoms with E-state index in [0.29, 0.717) is 0 Å². The zero-order chi connectivity index (χ0) is 34.7. The van der Waals surface area contributed by atoms with Crippen LogP contribution in [0.3, 0.4) is 0 Å². The fourth-order valence-corrected chi connectivity index (χ4v) is 6.35.